The highest BCUT2D eigenvalue weighted by molar-refractivity contribution is 9.10. The van der Waals surface area contributed by atoms with Crippen LogP contribution in [0.4, 0.5) is 5.69 Å². The van der Waals surface area contributed by atoms with Gasteiger partial charge in [0.05, 0.1) is 6.10 Å². The zero-order valence-electron chi connectivity index (χ0n) is 11.2. The number of aliphatic hydroxyl groups excluding tert-OH is 1. The lowest BCUT2D eigenvalue weighted by molar-refractivity contribution is 0.178. The number of benzene rings is 2. The van der Waals surface area contributed by atoms with Crippen LogP contribution in [0.15, 0.2) is 53.0 Å². The largest absolute Gasteiger partial charge is 0.388 e. The third kappa shape index (κ3) is 3.82. The topological polar surface area (TPSA) is 23.5 Å². The van der Waals surface area contributed by atoms with Crippen molar-refractivity contribution in [1.82, 2.24) is 0 Å². The van der Waals surface area contributed by atoms with E-state index >= 15 is 0 Å². The molecular weight excluding hydrogens is 302 g/mol. The summed E-state index contributed by atoms with van der Waals surface area (Å²) in [6.45, 7) is 0. The van der Waals surface area contributed by atoms with E-state index in [2.05, 4.69) is 15.9 Å². The molecule has 0 fully saturated rings. The van der Waals surface area contributed by atoms with E-state index in [1.807, 2.05) is 67.5 Å². The highest BCUT2D eigenvalue weighted by Crippen LogP contribution is 2.23. The second kappa shape index (κ2) is 6.22. The standard InChI is InChI=1S/C16H18BrNO/c1-18(2)15-8-4-6-13(11-15)16(19)10-12-5-3-7-14(17)9-12/h3-9,11,16,19H,10H2,1-2H3. The lowest BCUT2D eigenvalue weighted by Crippen LogP contribution is -2.10. The summed E-state index contributed by atoms with van der Waals surface area (Å²) < 4.78 is 1.04. The second-order valence-electron chi connectivity index (χ2n) is 4.84. The van der Waals surface area contributed by atoms with Crippen molar-refractivity contribution in [1.29, 1.82) is 0 Å². The first-order valence-electron chi connectivity index (χ1n) is 6.26. The Morgan fingerprint density at radius 2 is 1.84 bits per heavy atom. The summed E-state index contributed by atoms with van der Waals surface area (Å²) in [6, 6.07) is 16.1. The summed E-state index contributed by atoms with van der Waals surface area (Å²) in [5.74, 6) is 0. The zero-order chi connectivity index (χ0) is 13.8. The quantitative estimate of drug-likeness (QED) is 0.926. The van der Waals surface area contributed by atoms with Crippen molar-refractivity contribution in [2.75, 3.05) is 19.0 Å². The van der Waals surface area contributed by atoms with Gasteiger partial charge in [-0.15, -0.1) is 0 Å². The zero-order valence-corrected chi connectivity index (χ0v) is 12.8. The van der Waals surface area contributed by atoms with Gasteiger partial charge in [-0.3, -0.25) is 0 Å². The molecule has 0 spiro atoms. The fraction of sp³-hybridized carbons (Fsp3) is 0.250. The monoisotopic (exact) mass is 319 g/mol. The molecule has 2 rings (SSSR count). The summed E-state index contributed by atoms with van der Waals surface area (Å²) >= 11 is 3.45. The maximum absolute atomic E-state index is 10.3. The second-order valence-corrected chi connectivity index (χ2v) is 5.75. The van der Waals surface area contributed by atoms with Gasteiger partial charge in [0.2, 0.25) is 0 Å². The first-order chi connectivity index (χ1) is 9.06. The van der Waals surface area contributed by atoms with Crippen LogP contribution in [-0.2, 0) is 6.42 Å². The van der Waals surface area contributed by atoms with Crippen molar-refractivity contribution < 1.29 is 5.11 Å². The van der Waals surface area contributed by atoms with E-state index in [1.54, 1.807) is 0 Å². The molecule has 1 N–H and O–H groups in total. The number of halogens is 1. The van der Waals surface area contributed by atoms with Gasteiger partial charge in [0.1, 0.15) is 0 Å². The van der Waals surface area contributed by atoms with Crippen molar-refractivity contribution in [2.24, 2.45) is 0 Å². The molecule has 0 aliphatic rings. The van der Waals surface area contributed by atoms with Gasteiger partial charge in [0, 0.05) is 30.7 Å². The van der Waals surface area contributed by atoms with Crippen LogP contribution in [0.3, 0.4) is 0 Å². The van der Waals surface area contributed by atoms with Gasteiger partial charge >= 0.3 is 0 Å². The fourth-order valence-electron chi connectivity index (χ4n) is 2.02. The van der Waals surface area contributed by atoms with Gasteiger partial charge in [0.15, 0.2) is 0 Å². The average molecular weight is 320 g/mol. The van der Waals surface area contributed by atoms with Crippen molar-refractivity contribution >= 4 is 21.6 Å². The Morgan fingerprint density at radius 3 is 2.53 bits per heavy atom. The number of hydrogen-bond donors (Lipinski definition) is 1. The summed E-state index contributed by atoms with van der Waals surface area (Å²) in [7, 11) is 4.00. The maximum Gasteiger partial charge on any atom is 0.0831 e. The number of aliphatic hydroxyl groups is 1. The van der Waals surface area contributed by atoms with Crippen LogP contribution >= 0.6 is 15.9 Å². The third-order valence-electron chi connectivity index (χ3n) is 3.09. The Labute approximate surface area is 122 Å². The van der Waals surface area contributed by atoms with Crippen molar-refractivity contribution in [2.45, 2.75) is 12.5 Å². The molecule has 2 aromatic carbocycles. The normalized spacial score (nSPS) is 12.2. The first-order valence-corrected chi connectivity index (χ1v) is 7.05. The smallest absolute Gasteiger partial charge is 0.0831 e. The first kappa shape index (κ1) is 14.1. The molecule has 19 heavy (non-hydrogen) atoms. The van der Waals surface area contributed by atoms with Crippen molar-refractivity contribution in [3.63, 3.8) is 0 Å². The Bertz CT molecular complexity index is 554. The van der Waals surface area contributed by atoms with Crippen LogP contribution in [-0.4, -0.2) is 19.2 Å². The van der Waals surface area contributed by atoms with Gasteiger partial charge in [-0.25, -0.2) is 0 Å². The molecule has 1 atom stereocenters. The Balaban J connectivity index is 2.15. The van der Waals surface area contributed by atoms with E-state index in [0.29, 0.717) is 6.42 Å². The Hall–Kier alpha value is -1.32. The molecule has 0 radical (unpaired) electrons. The third-order valence-corrected chi connectivity index (χ3v) is 3.58. The van der Waals surface area contributed by atoms with Crippen LogP contribution in [0.1, 0.15) is 17.2 Å². The molecule has 0 heterocycles. The highest BCUT2D eigenvalue weighted by atomic mass is 79.9. The summed E-state index contributed by atoms with van der Waals surface area (Å²) in [4.78, 5) is 2.04. The van der Waals surface area contributed by atoms with Crippen molar-refractivity contribution in [3.05, 3.63) is 64.1 Å². The molecule has 3 heteroatoms. The van der Waals surface area contributed by atoms with Crippen molar-refractivity contribution in [3.8, 4) is 0 Å². The van der Waals surface area contributed by atoms with Crippen LogP contribution in [0.5, 0.6) is 0 Å². The Morgan fingerprint density at radius 1 is 1.11 bits per heavy atom. The number of rotatable bonds is 4. The van der Waals surface area contributed by atoms with E-state index in [-0.39, 0.29) is 0 Å². The minimum atomic E-state index is -0.478. The minimum Gasteiger partial charge on any atom is -0.388 e. The molecule has 0 amide bonds. The van der Waals surface area contributed by atoms with Gasteiger partial charge in [-0.1, -0.05) is 40.2 Å². The summed E-state index contributed by atoms with van der Waals surface area (Å²) in [6.07, 6.45) is 0.144. The molecule has 0 saturated carbocycles. The maximum atomic E-state index is 10.3. The van der Waals surface area contributed by atoms with Crippen LogP contribution < -0.4 is 4.90 Å². The SMILES string of the molecule is CN(C)c1cccc(C(O)Cc2cccc(Br)c2)c1. The van der Waals surface area contributed by atoms with E-state index in [9.17, 15) is 5.11 Å². The molecule has 0 saturated heterocycles. The highest BCUT2D eigenvalue weighted by Gasteiger charge is 2.10. The average Bonchev–Trinajstić information content (AvgIpc) is 2.39. The lowest BCUT2D eigenvalue weighted by atomic mass is 10.0. The van der Waals surface area contributed by atoms with E-state index in [1.165, 1.54) is 0 Å². The predicted octanol–water partition coefficient (Wildman–Crippen LogP) is 3.79. The minimum absolute atomic E-state index is 0.478. The molecule has 100 valence electrons. The number of anilines is 1. The van der Waals surface area contributed by atoms with Gasteiger partial charge in [0.25, 0.3) is 0 Å². The molecule has 2 nitrogen and oxygen atoms in total. The fourth-order valence-corrected chi connectivity index (χ4v) is 2.46. The number of hydrogen-bond acceptors (Lipinski definition) is 2. The van der Waals surface area contributed by atoms with Gasteiger partial charge in [-0.05, 0) is 35.4 Å². The molecule has 2 aromatic rings. The lowest BCUT2D eigenvalue weighted by Gasteiger charge is -2.16. The summed E-state index contributed by atoms with van der Waals surface area (Å²) in [5, 5.41) is 10.3. The van der Waals surface area contributed by atoms with E-state index < -0.39 is 6.10 Å². The molecule has 0 aliphatic heterocycles. The van der Waals surface area contributed by atoms with Gasteiger partial charge in [-0.2, -0.15) is 0 Å². The van der Waals surface area contributed by atoms with Crippen LogP contribution in [0.2, 0.25) is 0 Å². The van der Waals surface area contributed by atoms with Crippen LogP contribution in [0, 0.1) is 0 Å². The van der Waals surface area contributed by atoms with E-state index in [4.69, 9.17) is 0 Å². The molecule has 0 bridgehead atoms. The predicted molar refractivity (Wildman–Crippen MR) is 83.6 cm³/mol. The molecular formula is C16H18BrNO. The Kier molecular flexibility index (Phi) is 4.61. The van der Waals surface area contributed by atoms with Crippen LogP contribution in [0.25, 0.3) is 0 Å². The summed E-state index contributed by atoms with van der Waals surface area (Å²) in [5.41, 5.74) is 3.18. The number of nitrogens with zero attached hydrogens (tertiary/aromatic N) is 1. The van der Waals surface area contributed by atoms with Gasteiger partial charge < -0.3 is 10.0 Å². The van der Waals surface area contributed by atoms with E-state index in [0.717, 1.165) is 21.3 Å². The molecule has 0 aromatic heterocycles. The molecule has 1 unspecified atom stereocenters. The molecule has 0 aliphatic carbocycles.